The number of alkyl halides is 3. The summed E-state index contributed by atoms with van der Waals surface area (Å²) in [6.45, 7) is 0.253. The molecule has 0 spiro atoms. The van der Waals surface area contributed by atoms with Gasteiger partial charge in [0.25, 0.3) is 5.91 Å². The Hall–Kier alpha value is -4.95. The van der Waals surface area contributed by atoms with Gasteiger partial charge in [-0.3, -0.25) is 19.3 Å². The molecule has 4 heterocycles. The highest BCUT2D eigenvalue weighted by Crippen LogP contribution is 2.34. The fourth-order valence-corrected chi connectivity index (χ4v) is 5.15. The Morgan fingerprint density at radius 1 is 0.976 bits per heavy atom. The summed E-state index contributed by atoms with van der Waals surface area (Å²) in [6, 6.07) is 5.35. The number of hydrogen-bond acceptors (Lipinski definition) is 5. The summed E-state index contributed by atoms with van der Waals surface area (Å²) >= 11 is 0. The van der Waals surface area contributed by atoms with Crippen molar-refractivity contribution in [3.8, 4) is 17.1 Å². The van der Waals surface area contributed by atoms with Crippen molar-refractivity contribution in [2.75, 3.05) is 13.1 Å². The molecule has 3 aromatic heterocycles. The van der Waals surface area contributed by atoms with E-state index in [0.717, 1.165) is 21.4 Å². The molecule has 2 aromatic carbocycles. The second-order valence-electron chi connectivity index (χ2n) is 9.66. The number of nitrogens with zero attached hydrogens (tertiary/aromatic N) is 6. The van der Waals surface area contributed by atoms with Gasteiger partial charge in [0.1, 0.15) is 17.0 Å². The van der Waals surface area contributed by atoms with Gasteiger partial charge >= 0.3 is 11.9 Å². The zero-order valence-corrected chi connectivity index (χ0v) is 21.4. The van der Waals surface area contributed by atoms with Crippen LogP contribution in [-0.4, -0.2) is 53.2 Å². The van der Waals surface area contributed by atoms with Gasteiger partial charge in [0.2, 0.25) is 0 Å². The molecule has 1 amide bonds. The normalized spacial score (nSPS) is 14.6. The summed E-state index contributed by atoms with van der Waals surface area (Å²) in [6.07, 6.45) is -0.420. The van der Waals surface area contributed by atoms with Crippen molar-refractivity contribution < 1.29 is 31.1 Å². The first-order valence-corrected chi connectivity index (χ1v) is 12.6. The van der Waals surface area contributed by atoms with E-state index in [4.69, 9.17) is 0 Å². The maximum absolute atomic E-state index is 14.6. The molecule has 5 aromatic rings. The van der Waals surface area contributed by atoms with Crippen LogP contribution in [0.5, 0.6) is 0 Å². The second kappa shape index (κ2) is 10.2. The summed E-state index contributed by atoms with van der Waals surface area (Å²) in [7, 11) is 0. The molecular formula is C27H19F6N7O2. The number of likely N-dealkylation sites (tertiary alicyclic amines) is 1. The molecule has 0 bridgehead atoms. The number of carbonyl (C=O) groups excluding carboxylic acids is 1. The van der Waals surface area contributed by atoms with Gasteiger partial charge in [-0.05, 0) is 49.2 Å². The van der Waals surface area contributed by atoms with Crippen LogP contribution in [0.25, 0.3) is 28.1 Å². The molecule has 1 saturated heterocycles. The molecule has 0 radical (unpaired) electrons. The lowest BCUT2D eigenvalue weighted by Gasteiger charge is -2.32. The van der Waals surface area contributed by atoms with Gasteiger partial charge in [0.05, 0.1) is 28.7 Å². The monoisotopic (exact) mass is 587 g/mol. The highest BCUT2D eigenvalue weighted by molar-refractivity contribution is 5.93. The largest absolute Gasteiger partial charge is 0.419 e. The highest BCUT2D eigenvalue weighted by atomic mass is 19.4. The van der Waals surface area contributed by atoms with Gasteiger partial charge in [-0.15, -0.1) is 0 Å². The Balaban J connectivity index is 1.31. The summed E-state index contributed by atoms with van der Waals surface area (Å²) in [5.41, 5.74) is -2.08. The van der Waals surface area contributed by atoms with E-state index in [1.807, 2.05) is 0 Å². The summed E-state index contributed by atoms with van der Waals surface area (Å²) < 4.78 is 84.9. The number of halogens is 6. The second-order valence-corrected chi connectivity index (χ2v) is 9.66. The molecule has 1 N–H and O–H groups in total. The van der Waals surface area contributed by atoms with E-state index in [-0.39, 0.29) is 59.7 Å². The third-order valence-electron chi connectivity index (χ3n) is 7.14. The Bertz CT molecular complexity index is 1870. The number of benzene rings is 2. The number of aromatic nitrogens is 6. The molecule has 9 nitrogen and oxygen atoms in total. The van der Waals surface area contributed by atoms with Crippen LogP contribution in [0.2, 0.25) is 0 Å². The number of fused-ring (bicyclic) bond motifs is 1. The molecule has 1 aliphatic rings. The van der Waals surface area contributed by atoms with Gasteiger partial charge in [0.15, 0.2) is 17.3 Å². The number of rotatable bonds is 4. The smallest absolute Gasteiger partial charge is 0.337 e. The van der Waals surface area contributed by atoms with Crippen LogP contribution in [0, 0.1) is 17.5 Å². The summed E-state index contributed by atoms with van der Waals surface area (Å²) in [4.78, 5) is 38.1. The van der Waals surface area contributed by atoms with Gasteiger partial charge in [-0.25, -0.2) is 22.6 Å². The molecule has 0 unspecified atom stereocenters. The number of aromatic amines is 1. The van der Waals surface area contributed by atoms with Crippen molar-refractivity contribution in [1.82, 2.24) is 34.2 Å². The lowest BCUT2D eigenvalue weighted by Crippen LogP contribution is -2.40. The molecule has 1 aliphatic heterocycles. The number of piperidine rings is 1. The van der Waals surface area contributed by atoms with Crippen LogP contribution >= 0.6 is 0 Å². The fourth-order valence-electron chi connectivity index (χ4n) is 5.15. The number of hydrogen-bond donors (Lipinski definition) is 1. The average Bonchev–Trinajstić information content (AvgIpc) is 3.57. The SMILES string of the molecule is O=C(c1cc(-c2cnccn2)n(-c2ccc(F)c(C(F)(F)F)c2)n1)N1CCC(n2c(=O)[nH]c3ccc(F)c(F)c32)CC1. The van der Waals surface area contributed by atoms with Crippen LogP contribution < -0.4 is 5.69 Å². The van der Waals surface area contributed by atoms with E-state index in [0.29, 0.717) is 12.1 Å². The van der Waals surface area contributed by atoms with Crippen molar-refractivity contribution in [2.24, 2.45) is 0 Å². The molecular weight excluding hydrogens is 568 g/mol. The summed E-state index contributed by atoms with van der Waals surface area (Å²) in [5.74, 6) is -4.27. The summed E-state index contributed by atoms with van der Waals surface area (Å²) in [5, 5.41) is 4.25. The number of carbonyl (C=O) groups is 1. The van der Waals surface area contributed by atoms with Gasteiger partial charge in [-0.2, -0.15) is 18.3 Å². The van der Waals surface area contributed by atoms with E-state index < -0.39 is 46.8 Å². The van der Waals surface area contributed by atoms with Crippen molar-refractivity contribution in [3.05, 3.63) is 94.2 Å². The Kier molecular flexibility index (Phi) is 6.58. The van der Waals surface area contributed by atoms with Crippen molar-refractivity contribution in [1.29, 1.82) is 0 Å². The number of nitrogens with one attached hydrogen (secondary N) is 1. The van der Waals surface area contributed by atoms with Crippen molar-refractivity contribution >= 4 is 16.9 Å². The predicted octanol–water partition coefficient (Wildman–Crippen LogP) is 4.89. The van der Waals surface area contributed by atoms with Crippen LogP contribution in [0.3, 0.4) is 0 Å². The zero-order chi connectivity index (χ0) is 29.8. The third-order valence-corrected chi connectivity index (χ3v) is 7.14. The molecule has 216 valence electrons. The molecule has 15 heteroatoms. The van der Waals surface area contributed by atoms with Crippen molar-refractivity contribution in [2.45, 2.75) is 25.1 Å². The predicted molar refractivity (Wildman–Crippen MR) is 136 cm³/mol. The zero-order valence-electron chi connectivity index (χ0n) is 21.4. The molecule has 0 saturated carbocycles. The van der Waals surface area contributed by atoms with Gasteiger partial charge in [-0.1, -0.05) is 0 Å². The van der Waals surface area contributed by atoms with Crippen LogP contribution in [-0.2, 0) is 6.18 Å². The molecule has 6 rings (SSSR count). The Labute approximate surface area is 232 Å². The number of amides is 1. The molecule has 1 fully saturated rings. The first kappa shape index (κ1) is 27.2. The lowest BCUT2D eigenvalue weighted by atomic mass is 10.0. The molecule has 0 aliphatic carbocycles. The molecule has 42 heavy (non-hydrogen) atoms. The standard InChI is InChI=1S/C27H19F6N7O2/c28-17-2-1-15(11-16(17)27(31,32)33)40-22(21-13-34-7-8-35-21)12-20(37-40)25(41)38-9-5-14(6-10-38)39-24-19(36-26(39)42)4-3-18(29)23(24)30/h1-4,7-8,11-14H,5-6,9-10H2,(H,36,42). The van der Waals surface area contributed by atoms with E-state index >= 15 is 0 Å². The van der Waals surface area contributed by atoms with E-state index in [2.05, 4.69) is 20.1 Å². The minimum atomic E-state index is -4.97. The third kappa shape index (κ3) is 4.69. The van der Waals surface area contributed by atoms with Crippen LogP contribution in [0.1, 0.15) is 34.9 Å². The van der Waals surface area contributed by atoms with E-state index in [9.17, 15) is 35.9 Å². The first-order valence-electron chi connectivity index (χ1n) is 12.6. The van der Waals surface area contributed by atoms with E-state index in [1.54, 1.807) is 0 Å². The minimum absolute atomic E-state index is 0.121. The van der Waals surface area contributed by atoms with Crippen LogP contribution in [0.4, 0.5) is 26.3 Å². The topological polar surface area (TPSA) is 102 Å². The highest BCUT2D eigenvalue weighted by Gasteiger charge is 2.35. The minimum Gasteiger partial charge on any atom is -0.337 e. The quantitative estimate of drug-likeness (QED) is 0.302. The van der Waals surface area contributed by atoms with Crippen molar-refractivity contribution in [3.63, 3.8) is 0 Å². The number of H-pyrrole nitrogens is 1. The fraction of sp³-hybridized carbons (Fsp3) is 0.222. The van der Waals surface area contributed by atoms with E-state index in [1.165, 1.54) is 35.6 Å². The lowest BCUT2D eigenvalue weighted by molar-refractivity contribution is -0.140. The Morgan fingerprint density at radius 2 is 1.71 bits per heavy atom. The molecule has 0 atom stereocenters. The Morgan fingerprint density at radius 3 is 2.40 bits per heavy atom. The maximum Gasteiger partial charge on any atom is 0.419 e. The van der Waals surface area contributed by atoms with Gasteiger partial charge in [0, 0.05) is 31.5 Å². The number of imidazole rings is 1. The van der Waals surface area contributed by atoms with Gasteiger partial charge < -0.3 is 9.88 Å². The first-order chi connectivity index (χ1) is 20.0. The average molecular weight is 587 g/mol. The van der Waals surface area contributed by atoms with Crippen LogP contribution in [0.15, 0.2) is 59.8 Å². The maximum atomic E-state index is 14.6.